The van der Waals surface area contributed by atoms with E-state index in [1.165, 1.54) is 0 Å². The molecule has 3 heterocycles. The van der Waals surface area contributed by atoms with Crippen LogP contribution in [0, 0.1) is 34.0 Å². The average molecular weight is 713 g/mol. The van der Waals surface area contributed by atoms with Gasteiger partial charge in [-0.15, -0.1) is 0 Å². The number of rotatable bonds is 5. The Morgan fingerprint density at radius 2 is 0.786 bits per heavy atom. The van der Waals surface area contributed by atoms with E-state index in [1.54, 1.807) is 0 Å². The summed E-state index contributed by atoms with van der Waals surface area (Å²) < 4.78 is 4.51. The van der Waals surface area contributed by atoms with Crippen LogP contribution < -0.4 is 0 Å². The summed E-state index contributed by atoms with van der Waals surface area (Å²) in [6.07, 6.45) is 1.97. The highest BCUT2D eigenvalue weighted by Gasteiger charge is 2.20. The summed E-state index contributed by atoms with van der Waals surface area (Å²) in [4.78, 5) is 5.22. The molecular formula is C50H28N6. The lowest BCUT2D eigenvalue weighted by Crippen LogP contribution is -2.03. The molecule has 0 aliphatic rings. The standard InChI is InChI=1S/C50H28N6/c51-28-32-9-15-35(16-10-32)38-21-23-47-43(25-38)40-5-1-3-7-45(40)55(47)49-31-54-50(27-42(49)37-19-13-34(30-53)14-20-37)56-46-8-4-2-6-41(46)44-26-39(22-24-48(44)56)36-17-11-33(29-52)12-18-36/h1-27,31H. The molecule has 0 amide bonds. The molecule has 258 valence electrons. The fraction of sp³-hybridized carbons (Fsp3) is 0. The summed E-state index contributed by atoms with van der Waals surface area (Å²) in [6.45, 7) is 0. The Balaban J connectivity index is 1.20. The quantitative estimate of drug-likeness (QED) is 0.177. The molecule has 6 nitrogen and oxygen atoms in total. The number of nitriles is 3. The van der Waals surface area contributed by atoms with Gasteiger partial charge in [-0.2, -0.15) is 15.8 Å². The van der Waals surface area contributed by atoms with Crippen molar-refractivity contribution in [1.29, 1.82) is 15.8 Å². The Labute approximate surface area is 322 Å². The Morgan fingerprint density at radius 1 is 0.375 bits per heavy atom. The summed E-state index contributed by atoms with van der Waals surface area (Å²) >= 11 is 0. The van der Waals surface area contributed by atoms with E-state index in [4.69, 9.17) is 4.98 Å². The molecule has 0 bridgehead atoms. The largest absolute Gasteiger partial charge is 0.307 e. The van der Waals surface area contributed by atoms with Crippen LogP contribution in [0.1, 0.15) is 16.7 Å². The molecule has 0 atom stereocenters. The number of hydrogen-bond acceptors (Lipinski definition) is 4. The van der Waals surface area contributed by atoms with Crippen LogP contribution in [0.15, 0.2) is 170 Å². The molecule has 0 radical (unpaired) electrons. The van der Waals surface area contributed by atoms with Gasteiger partial charge in [0.15, 0.2) is 0 Å². The molecule has 0 aliphatic carbocycles. The SMILES string of the molecule is N#Cc1ccc(-c2ccc3c(c2)c2ccccc2n3-c2cc(-c3ccc(C#N)cc3)c(-n3c4ccccc4c4cc(-c5ccc(C#N)cc5)ccc43)cn2)cc1. The maximum Gasteiger partial charge on any atom is 0.138 e. The second kappa shape index (κ2) is 13.0. The van der Waals surface area contributed by atoms with Gasteiger partial charge in [0.1, 0.15) is 5.82 Å². The van der Waals surface area contributed by atoms with Crippen LogP contribution in [0.5, 0.6) is 0 Å². The number of fused-ring (bicyclic) bond motifs is 6. The van der Waals surface area contributed by atoms with Crippen molar-refractivity contribution in [3.63, 3.8) is 0 Å². The van der Waals surface area contributed by atoms with Crippen LogP contribution in [0.4, 0.5) is 0 Å². The zero-order valence-electron chi connectivity index (χ0n) is 29.8. The molecule has 0 saturated heterocycles. The Bertz CT molecular complexity index is 3310. The number of hydrogen-bond donors (Lipinski definition) is 0. The van der Waals surface area contributed by atoms with Crippen molar-refractivity contribution in [3.8, 4) is 63.1 Å². The second-order valence-electron chi connectivity index (χ2n) is 13.8. The molecule has 0 N–H and O–H groups in total. The molecule has 0 aliphatic heterocycles. The van der Waals surface area contributed by atoms with Crippen molar-refractivity contribution in [1.82, 2.24) is 14.1 Å². The van der Waals surface area contributed by atoms with E-state index >= 15 is 0 Å². The summed E-state index contributed by atoms with van der Waals surface area (Å²) in [7, 11) is 0. The molecule has 0 spiro atoms. The fourth-order valence-corrected chi connectivity index (χ4v) is 7.98. The van der Waals surface area contributed by atoms with Crippen LogP contribution >= 0.6 is 0 Å². The van der Waals surface area contributed by atoms with Crippen LogP contribution in [-0.2, 0) is 0 Å². The maximum absolute atomic E-state index is 9.66. The lowest BCUT2D eigenvalue weighted by atomic mass is 10.0. The monoisotopic (exact) mass is 712 g/mol. The van der Waals surface area contributed by atoms with E-state index in [0.717, 1.165) is 88.5 Å². The zero-order valence-corrected chi connectivity index (χ0v) is 29.8. The molecule has 56 heavy (non-hydrogen) atoms. The first-order chi connectivity index (χ1) is 27.6. The third kappa shape index (κ3) is 5.20. The Hall–Kier alpha value is -8.24. The molecule has 3 aromatic heterocycles. The van der Waals surface area contributed by atoms with E-state index in [9.17, 15) is 15.8 Å². The molecular weight excluding hydrogens is 685 g/mol. The van der Waals surface area contributed by atoms with Gasteiger partial charge in [0.05, 0.1) is 68.8 Å². The molecule has 7 aromatic carbocycles. The molecule has 10 rings (SSSR count). The van der Waals surface area contributed by atoms with E-state index in [1.807, 2.05) is 79.0 Å². The van der Waals surface area contributed by atoms with E-state index < -0.39 is 0 Å². The van der Waals surface area contributed by atoms with E-state index in [-0.39, 0.29) is 0 Å². The van der Waals surface area contributed by atoms with Gasteiger partial charge in [0.2, 0.25) is 0 Å². The van der Waals surface area contributed by atoms with Gasteiger partial charge >= 0.3 is 0 Å². The number of nitrogens with zero attached hydrogens (tertiary/aromatic N) is 6. The van der Waals surface area contributed by atoms with Crippen molar-refractivity contribution in [2.75, 3.05) is 0 Å². The first-order valence-corrected chi connectivity index (χ1v) is 18.2. The van der Waals surface area contributed by atoms with Crippen molar-refractivity contribution < 1.29 is 0 Å². The molecule has 0 saturated carbocycles. The number of pyridine rings is 1. The van der Waals surface area contributed by atoms with Gasteiger partial charge in [-0.05, 0) is 107 Å². The maximum atomic E-state index is 9.66. The van der Waals surface area contributed by atoms with Crippen LogP contribution in [0.3, 0.4) is 0 Å². The Kier molecular flexibility index (Phi) is 7.53. The lowest BCUT2D eigenvalue weighted by molar-refractivity contribution is 1.06. The number of benzene rings is 7. The molecule has 6 heteroatoms. The van der Waals surface area contributed by atoms with Gasteiger partial charge in [0, 0.05) is 27.1 Å². The predicted octanol–water partition coefficient (Wildman–Crippen LogP) is 11.9. The number of para-hydroxylation sites is 2. The van der Waals surface area contributed by atoms with Gasteiger partial charge in [-0.1, -0.05) is 84.9 Å². The zero-order chi connectivity index (χ0) is 37.8. The van der Waals surface area contributed by atoms with Crippen molar-refractivity contribution >= 4 is 43.6 Å². The van der Waals surface area contributed by atoms with Crippen LogP contribution in [-0.4, -0.2) is 14.1 Å². The highest BCUT2D eigenvalue weighted by molar-refractivity contribution is 6.12. The molecule has 0 fully saturated rings. The van der Waals surface area contributed by atoms with Crippen molar-refractivity contribution in [2.45, 2.75) is 0 Å². The third-order valence-electron chi connectivity index (χ3n) is 10.7. The molecule has 10 aromatic rings. The van der Waals surface area contributed by atoms with E-state index in [2.05, 4.69) is 118 Å². The minimum atomic E-state index is 0.595. The normalized spacial score (nSPS) is 11.2. The summed E-state index contributed by atoms with van der Waals surface area (Å²) in [5.41, 5.74) is 13.1. The average Bonchev–Trinajstić information content (AvgIpc) is 3.78. The summed E-state index contributed by atoms with van der Waals surface area (Å²) in [6, 6.07) is 61.8. The highest BCUT2D eigenvalue weighted by Crippen LogP contribution is 2.40. The highest BCUT2D eigenvalue weighted by atomic mass is 15.1. The lowest BCUT2D eigenvalue weighted by Gasteiger charge is -2.16. The molecule has 0 unspecified atom stereocenters. The number of aromatic nitrogens is 3. The predicted molar refractivity (Wildman–Crippen MR) is 223 cm³/mol. The van der Waals surface area contributed by atoms with Gasteiger partial charge in [-0.3, -0.25) is 4.57 Å². The van der Waals surface area contributed by atoms with Crippen molar-refractivity contribution in [2.24, 2.45) is 0 Å². The van der Waals surface area contributed by atoms with E-state index in [0.29, 0.717) is 16.7 Å². The van der Waals surface area contributed by atoms with Crippen LogP contribution in [0.25, 0.3) is 88.5 Å². The minimum absolute atomic E-state index is 0.595. The third-order valence-corrected chi connectivity index (χ3v) is 10.7. The first kappa shape index (κ1) is 32.4. The van der Waals surface area contributed by atoms with Gasteiger partial charge in [0.25, 0.3) is 0 Å². The smallest absolute Gasteiger partial charge is 0.138 e. The minimum Gasteiger partial charge on any atom is -0.307 e. The fourth-order valence-electron chi connectivity index (χ4n) is 7.98. The van der Waals surface area contributed by atoms with Crippen molar-refractivity contribution in [3.05, 3.63) is 187 Å². The van der Waals surface area contributed by atoms with Gasteiger partial charge in [-0.25, -0.2) is 4.98 Å². The van der Waals surface area contributed by atoms with Crippen LogP contribution in [0.2, 0.25) is 0 Å². The topological polar surface area (TPSA) is 94.1 Å². The first-order valence-electron chi connectivity index (χ1n) is 18.2. The second-order valence-corrected chi connectivity index (χ2v) is 13.8. The summed E-state index contributed by atoms with van der Waals surface area (Å²) in [5, 5.41) is 32.8. The van der Waals surface area contributed by atoms with Gasteiger partial charge < -0.3 is 4.57 Å². The summed E-state index contributed by atoms with van der Waals surface area (Å²) in [5.74, 6) is 0.773. The Morgan fingerprint density at radius 3 is 1.29 bits per heavy atom.